The highest BCUT2D eigenvalue weighted by atomic mass is 35.5. The van der Waals surface area contributed by atoms with E-state index in [1.54, 1.807) is 36.0 Å². The van der Waals surface area contributed by atoms with E-state index in [4.69, 9.17) is 5.73 Å². The number of hydrogen-bond acceptors (Lipinski definition) is 3. The minimum atomic E-state index is -0.627. The molecular weight excluding hydrogens is 330 g/mol. The van der Waals surface area contributed by atoms with E-state index in [9.17, 15) is 9.18 Å². The Hall–Kier alpha value is -1.63. The summed E-state index contributed by atoms with van der Waals surface area (Å²) in [6.45, 7) is 1.61. The van der Waals surface area contributed by atoms with Crippen LogP contribution in [0.5, 0.6) is 0 Å². The number of nitrogens with zero attached hydrogens (tertiary/aromatic N) is 2. The largest absolute Gasteiger partial charge is 0.341 e. The molecular formula is C14H19Cl2FN4O. The number of nitrogens with one attached hydrogen (secondary N) is 1. The predicted octanol–water partition coefficient (Wildman–Crippen LogP) is 1.96. The molecule has 22 heavy (non-hydrogen) atoms. The van der Waals surface area contributed by atoms with E-state index in [2.05, 4.69) is 10.3 Å². The van der Waals surface area contributed by atoms with Crippen LogP contribution in [-0.4, -0.2) is 21.5 Å². The average molecular weight is 349 g/mol. The summed E-state index contributed by atoms with van der Waals surface area (Å²) in [6, 6.07) is 4.85. The standard InChI is InChI=1S/C14H17FN4O.2ClH/c1-9(16)14(20)18-12(13-17-7-8-19(13)2)10-3-5-11(15)6-4-10;;/h3-9,12H,16H2,1-2H3,(H,18,20);2*1H/t9-,12?;;/m1../s1. The molecule has 0 saturated carbocycles. The van der Waals surface area contributed by atoms with Gasteiger partial charge in [-0.3, -0.25) is 4.79 Å². The van der Waals surface area contributed by atoms with Crippen LogP contribution in [0.25, 0.3) is 0 Å². The van der Waals surface area contributed by atoms with E-state index in [1.165, 1.54) is 12.1 Å². The molecule has 2 atom stereocenters. The van der Waals surface area contributed by atoms with Gasteiger partial charge in [0.15, 0.2) is 0 Å². The summed E-state index contributed by atoms with van der Waals surface area (Å²) in [4.78, 5) is 16.1. The number of rotatable bonds is 4. The zero-order valence-corrected chi connectivity index (χ0v) is 13.8. The molecule has 0 radical (unpaired) electrons. The molecule has 0 aliphatic carbocycles. The van der Waals surface area contributed by atoms with Gasteiger partial charge in [0.1, 0.15) is 17.7 Å². The molecule has 8 heteroatoms. The lowest BCUT2D eigenvalue weighted by Crippen LogP contribution is -2.41. The van der Waals surface area contributed by atoms with Gasteiger partial charge in [0.2, 0.25) is 5.91 Å². The minimum Gasteiger partial charge on any atom is -0.341 e. The average Bonchev–Trinajstić information content (AvgIpc) is 2.83. The molecule has 3 N–H and O–H groups in total. The number of aryl methyl sites for hydroxylation is 1. The molecule has 0 saturated heterocycles. The lowest BCUT2D eigenvalue weighted by Gasteiger charge is -2.20. The second-order valence-electron chi connectivity index (χ2n) is 4.68. The van der Waals surface area contributed by atoms with Crippen LogP contribution in [0.3, 0.4) is 0 Å². The number of nitrogens with two attached hydrogens (primary N) is 1. The van der Waals surface area contributed by atoms with Crippen LogP contribution in [0.2, 0.25) is 0 Å². The number of carbonyl (C=O) groups is 1. The van der Waals surface area contributed by atoms with Gasteiger partial charge in [0.05, 0.1) is 6.04 Å². The Morgan fingerprint density at radius 2 is 1.91 bits per heavy atom. The number of carbonyl (C=O) groups excluding carboxylic acids is 1. The molecule has 1 amide bonds. The topological polar surface area (TPSA) is 72.9 Å². The molecule has 5 nitrogen and oxygen atoms in total. The Labute approximate surface area is 140 Å². The second kappa shape index (κ2) is 8.73. The Morgan fingerprint density at radius 3 is 2.36 bits per heavy atom. The highest BCUT2D eigenvalue weighted by Gasteiger charge is 2.22. The van der Waals surface area contributed by atoms with Gasteiger partial charge in [-0.1, -0.05) is 12.1 Å². The van der Waals surface area contributed by atoms with Crippen molar-refractivity contribution in [3.05, 3.63) is 53.9 Å². The number of hydrogen-bond donors (Lipinski definition) is 2. The van der Waals surface area contributed by atoms with E-state index in [0.29, 0.717) is 5.82 Å². The summed E-state index contributed by atoms with van der Waals surface area (Å²) >= 11 is 0. The quantitative estimate of drug-likeness (QED) is 0.886. The van der Waals surface area contributed by atoms with Crippen LogP contribution in [0.1, 0.15) is 24.4 Å². The number of halogens is 3. The van der Waals surface area contributed by atoms with Crippen LogP contribution >= 0.6 is 24.8 Å². The summed E-state index contributed by atoms with van der Waals surface area (Å²) < 4.78 is 14.8. The van der Waals surface area contributed by atoms with Crippen LogP contribution in [-0.2, 0) is 11.8 Å². The molecule has 0 aliphatic rings. The molecule has 1 aromatic heterocycles. The monoisotopic (exact) mass is 348 g/mol. The zero-order valence-electron chi connectivity index (χ0n) is 12.2. The molecule has 0 fully saturated rings. The van der Waals surface area contributed by atoms with Crippen molar-refractivity contribution in [3.63, 3.8) is 0 Å². The lowest BCUT2D eigenvalue weighted by atomic mass is 10.1. The molecule has 1 aromatic carbocycles. The summed E-state index contributed by atoms with van der Waals surface area (Å²) in [5.41, 5.74) is 6.32. The van der Waals surface area contributed by atoms with Gasteiger partial charge in [0.25, 0.3) is 0 Å². The molecule has 122 valence electrons. The van der Waals surface area contributed by atoms with Gasteiger partial charge in [0, 0.05) is 19.4 Å². The third kappa shape index (κ3) is 4.69. The van der Waals surface area contributed by atoms with Gasteiger partial charge in [-0.05, 0) is 24.6 Å². The van der Waals surface area contributed by atoms with Crippen molar-refractivity contribution in [1.82, 2.24) is 14.9 Å². The molecule has 2 rings (SSSR count). The van der Waals surface area contributed by atoms with Crippen LogP contribution < -0.4 is 11.1 Å². The first-order chi connectivity index (χ1) is 9.49. The van der Waals surface area contributed by atoms with E-state index in [-0.39, 0.29) is 36.5 Å². The first-order valence-electron chi connectivity index (χ1n) is 6.27. The number of aromatic nitrogens is 2. The number of amides is 1. The molecule has 2 aromatic rings. The van der Waals surface area contributed by atoms with E-state index < -0.39 is 12.1 Å². The zero-order chi connectivity index (χ0) is 14.7. The maximum Gasteiger partial charge on any atom is 0.237 e. The van der Waals surface area contributed by atoms with Crippen molar-refractivity contribution in [2.24, 2.45) is 12.8 Å². The van der Waals surface area contributed by atoms with Gasteiger partial charge in [-0.15, -0.1) is 24.8 Å². The van der Waals surface area contributed by atoms with E-state index in [1.807, 2.05) is 7.05 Å². The second-order valence-corrected chi connectivity index (χ2v) is 4.68. The summed E-state index contributed by atoms with van der Waals surface area (Å²) in [5, 5.41) is 2.83. The fourth-order valence-corrected chi connectivity index (χ4v) is 1.88. The van der Waals surface area contributed by atoms with Crippen molar-refractivity contribution < 1.29 is 9.18 Å². The summed E-state index contributed by atoms with van der Waals surface area (Å²) in [6.07, 6.45) is 3.42. The van der Waals surface area contributed by atoms with Crippen molar-refractivity contribution in [1.29, 1.82) is 0 Å². The van der Waals surface area contributed by atoms with E-state index in [0.717, 1.165) is 5.56 Å². The smallest absolute Gasteiger partial charge is 0.237 e. The fourth-order valence-electron chi connectivity index (χ4n) is 1.88. The van der Waals surface area contributed by atoms with Crippen LogP contribution in [0.4, 0.5) is 4.39 Å². The van der Waals surface area contributed by atoms with Crippen molar-refractivity contribution in [2.45, 2.75) is 19.0 Å². The SMILES string of the molecule is C[C@@H](N)C(=O)NC(c1ccc(F)cc1)c1nccn1C.Cl.Cl. The Balaban J connectivity index is 0.00000220. The normalized spacial score (nSPS) is 12.5. The summed E-state index contributed by atoms with van der Waals surface area (Å²) in [7, 11) is 1.83. The van der Waals surface area contributed by atoms with Crippen LogP contribution in [0, 0.1) is 5.82 Å². The fraction of sp³-hybridized carbons (Fsp3) is 0.286. The minimum absolute atomic E-state index is 0. The third-order valence-corrected chi connectivity index (χ3v) is 3.02. The maximum absolute atomic E-state index is 13.0. The first-order valence-corrected chi connectivity index (χ1v) is 6.27. The van der Waals surface area contributed by atoms with Crippen molar-refractivity contribution in [3.8, 4) is 0 Å². The van der Waals surface area contributed by atoms with Gasteiger partial charge >= 0.3 is 0 Å². The Morgan fingerprint density at radius 1 is 1.32 bits per heavy atom. The van der Waals surface area contributed by atoms with E-state index >= 15 is 0 Å². The number of imidazole rings is 1. The molecule has 0 bridgehead atoms. The molecule has 0 spiro atoms. The highest BCUT2D eigenvalue weighted by Crippen LogP contribution is 2.20. The van der Waals surface area contributed by atoms with Crippen LogP contribution in [0.15, 0.2) is 36.7 Å². The van der Waals surface area contributed by atoms with Gasteiger partial charge < -0.3 is 15.6 Å². The maximum atomic E-state index is 13.0. The van der Waals surface area contributed by atoms with Crippen molar-refractivity contribution in [2.75, 3.05) is 0 Å². The Bertz CT molecular complexity index is 601. The number of benzene rings is 1. The molecule has 0 aliphatic heterocycles. The predicted molar refractivity (Wildman–Crippen MR) is 87.7 cm³/mol. The highest BCUT2D eigenvalue weighted by molar-refractivity contribution is 5.85. The molecule has 1 unspecified atom stereocenters. The molecule has 1 heterocycles. The first kappa shape index (κ1) is 20.4. The van der Waals surface area contributed by atoms with Gasteiger partial charge in [-0.2, -0.15) is 0 Å². The van der Waals surface area contributed by atoms with Gasteiger partial charge in [-0.25, -0.2) is 9.37 Å². The summed E-state index contributed by atoms with van der Waals surface area (Å²) in [5.74, 6) is 0.0405. The Kier molecular flexibility index (Phi) is 8.08. The van der Waals surface area contributed by atoms with Crippen molar-refractivity contribution >= 4 is 30.7 Å². The lowest BCUT2D eigenvalue weighted by molar-refractivity contribution is -0.122. The third-order valence-electron chi connectivity index (χ3n) is 3.02.